The predicted octanol–water partition coefficient (Wildman–Crippen LogP) is 3.22. The first kappa shape index (κ1) is 21.1. The van der Waals surface area contributed by atoms with Gasteiger partial charge in [-0.1, -0.05) is 13.2 Å². The van der Waals surface area contributed by atoms with Crippen LogP contribution >= 0.6 is 0 Å². The molecule has 1 N–H and O–H groups in total. The molecule has 3 heterocycles. The highest BCUT2D eigenvalue weighted by Gasteiger charge is 2.48. The summed E-state index contributed by atoms with van der Waals surface area (Å²) < 4.78 is 17.6. The molecule has 28 heavy (non-hydrogen) atoms. The maximum Gasteiger partial charge on any atom is 0.334 e. The van der Waals surface area contributed by atoms with Gasteiger partial charge in [0.1, 0.15) is 11.7 Å². The Kier molecular flexibility index (Phi) is 5.74. The van der Waals surface area contributed by atoms with Crippen molar-refractivity contribution in [1.29, 1.82) is 0 Å². The smallest absolute Gasteiger partial charge is 0.334 e. The van der Waals surface area contributed by atoms with Crippen molar-refractivity contribution < 1.29 is 28.9 Å². The monoisotopic (exact) mass is 392 g/mol. The molecule has 6 heteroatoms. The molecule has 0 aromatic carbocycles. The number of hydrogen-bond acceptors (Lipinski definition) is 6. The summed E-state index contributed by atoms with van der Waals surface area (Å²) in [5, 5.41) is 10.9. The van der Waals surface area contributed by atoms with Gasteiger partial charge in [-0.2, -0.15) is 0 Å². The Morgan fingerprint density at radius 3 is 2.54 bits per heavy atom. The third kappa shape index (κ3) is 4.03. The van der Waals surface area contributed by atoms with Crippen molar-refractivity contribution in [2.45, 2.75) is 95.2 Å². The number of esters is 2. The van der Waals surface area contributed by atoms with Crippen LogP contribution in [0.1, 0.15) is 65.7 Å². The summed E-state index contributed by atoms with van der Waals surface area (Å²) in [6, 6.07) is 0. The molecular formula is C22H32O6. The fraction of sp³-hybridized carbons (Fsp3) is 0.727. The van der Waals surface area contributed by atoms with Crippen molar-refractivity contribution in [2.24, 2.45) is 5.92 Å². The molecule has 6 atom stereocenters. The molecule has 0 saturated carbocycles. The minimum Gasteiger partial charge on any atom is -0.458 e. The summed E-state index contributed by atoms with van der Waals surface area (Å²) in [5.41, 5.74) is -0.330. The number of hydrogen-bond donors (Lipinski definition) is 1. The van der Waals surface area contributed by atoms with E-state index in [-0.39, 0.29) is 12.0 Å². The fourth-order valence-electron chi connectivity index (χ4n) is 4.70. The maximum atomic E-state index is 12.7. The van der Waals surface area contributed by atoms with Crippen LogP contribution in [0.2, 0.25) is 0 Å². The van der Waals surface area contributed by atoms with E-state index < -0.39 is 35.3 Å². The van der Waals surface area contributed by atoms with E-state index in [1.165, 1.54) is 6.92 Å². The number of carbonyl (C=O) groups excluding carboxylic acids is 2. The minimum atomic E-state index is -0.941. The van der Waals surface area contributed by atoms with Crippen LogP contribution in [-0.4, -0.2) is 46.6 Å². The first-order chi connectivity index (χ1) is 13.0. The van der Waals surface area contributed by atoms with Crippen molar-refractivity contribution in [3.63, 3.8) is 0 Å². The zero-order chi connectivity index (χ0) is 20.7. The summed E-state index contributed by atoms with van der Waals surface area (Å²) in [5.74, 6) is -1.09. The summed E-state index contributed by atoms with van der Waals surface area (Å²) in [4.78, 5) is 24.4. The van der Waals surface area contributed by atoms with Crippen LogP contribution in [0.4, 0.5) is 0 Å². The molecule has 3 saturated heterocycles. The summed E-state index contributed by atoms with van der Waals surface area (Å²) in [6.45, 7) is 13.2. The normalized spacial score (nSPS) is 42.1. The van der Waals surface area contributed by atoms with Gasteiger partial charge in [-0.05, 0) is 70.3 Å². The van der Waals surface area contributed by atoms with Gasteiger partial charge in [0.25, 0.3) is 0 Å². The van der Waals surface area contributed by atoms with Gasteiger partial charge in [0.15, 0.2) is 0 Å². The Morgan fingerprint density at radius 1 is 1.18 bits per heavy atom. The van der Waals surface area contributed by atoms with Crippen LogP contribution in [0.5, 0.6) is 0 Å². The van der Waals surface area contributed by atoms with Crippen molar-refractivity contribution in [1.82, 2.24) is 0 Å². The molecule has 3 rings (SSSR count). The van der Waals surface area contributed by atoms with Crippen molar-refractivity contribution in [2.75, 3.05) is 0 Å². The van der Waals surface area contributed by atoms with Gasteiger partial charge in [0.05, 0.1) is 17.8 Å². The van der Waals surface area contributed by atoms with E-state index in [0.29, 0.717) is 37.7 Å². The highest BCUT2D eigenvalue weighted by atomic mass is 16.6. The van der Waals surface area contributed by atoms with E-state index in [4.69, 9.17) is 14.2 Å². The standard InChI is InChI=1S/C22H32O6/c1-13-6-7-19(26-15(3)23)22(5)10-8-16(14(2)20(25)28-22)12-18(24)21(4)11-9-17(13)27-21/h16-19,24H,1-2,6-12H2,3-5H3/t16-,17+,18+,19-,21-,22-/m1/s1. The highest BCUT2D eigenvalue weighted by molar-refractivity contribution is 5.89. The molecule has 0 aromatic heterocycles. The zero-order valence-corrected chi connectivity index (χ0v) is 17.2. The molecule has 0 aliphatic carbocycles. The maximum absolute atomic E-state index is 12.7. The van der Waals surface area contributed by atoms with Gasteiger partial charge < -0.3 is 19.3 Å². The van der Waals surface area contributed by atoms with Gasteiger partial charge in [0, 0.05) is 12.5 Å². The average Bonchev–Trinajstić information content (AvgIpc) is 2.99. The van der Waals surface area contributed by atoms with E-state index in [1.807, 2.05) is 13.8 Å². The molecule has 156 valence electrons. The van der Waals surface area contributed by atoms with Gasteiger partial charge >= 0.3 is 11.9 Å². The van der Waals surface area contributed by atoms with Crippen LogP contribution in [0.25, 0.3) is 0 Å². The first-order valence-corrected chi connectivity index (χ1v) is 10.2. The molecule has 0 radical (unpaired) electrons. The van der Waals surface area contributed by atoms with Crippen LogP contribution in [0.15, 0.2) is 24.3 Å². The van der Waals surface area contributed by atoms with E-state index in [9.17, 15) is 14.7 Å². The summed E-state index contributed by atoms with van der Waals surface area (Å²) in [7, 11) is 0. The Bertz CT molecular complexity index is 685. The second-order valence-electron chi connectivity index (χ2n) is 8.97. The number of ether oxygens (including phenoxy) is 3. The van der Waals surface area contributed by atoms with Crippen LogP contribution in [0.3, 0.4) is 0 Å². The second-order valence-corrected chi connectivity index (χ2v) is 8.97. The Labute approximate surface area is 166 Å². The third-order valence-corrected chi connectivity index (χ3v) is 6.77. The molecule has 0 aromatic rings. The van der Waals surface area contributed by atoms with Gasteiger partial charge in [-0.3, -0.25) is 4.79 Å². The average molecular weight is 392 g/mol. The molecule has 3 aliphatic heterocycles. The Morgan fingerprint density at radius 2 is 1.86 bits per heavy atom. The van der Waals surface area contributed by atoms with E-state index in [2.05, 4.69) is 13.2 Å². The first-order valence-electron chi connectivity index (χ1n) is 10.2. The van der Waals surface area contributed by atoms with Gasteiger partial charge in [-0.25, -0.2) is 4.79 Å². The SMILES string of the molecule is C=C1C(=O)O[C@]2(C)CC[C@@H]1C[C@H](O)[C@@]1(C)CC[C@H](O1)C(=C)CC[C@H]2OC(C)=O. The number of aliphatic hydroxyl groups is 1. The topological polar surface area (TPSA) is 82.1 Å². The van der Waals surface area contributed by atoms with Gasteiger partial charge in [-0.15, -0.1) is 0 Å². The third-order valence-electron chi connectivity index (χ3n) is 6.77. The summed E-state index contributed by atoms with van der Waals surface area (Å²) >= 11 is 0. The largest absolute Gasteiger partial charge is 0.458 e. The Balaban J connectivity index is 1.96. The molecular weight excluding hydrogens is 360 g/mol. The second kappa shape index (κ2) is 7.64. The van der Waals surface area contributed by atoms with Crippen molar-refractivity contribution >= 4 is 11.9 Å². The number of aliphatic hydroxyl groups excluding tert-OH is 1. The highest BCUT2D eigenvalue weighted by Crippen LogP contribution is 2.43. The molecule has 0 spiro atoms. The molecule has 3 fully saturated rings. The van der Waals surface area contributed by atoms with E-state index in [1.54, 1.807) is 0 Å². The number of rotatable bonds is 1. The lowest BCUT2D eigenvalue weighted by molar-refractivity contribution is -0.180. The van der Waals surface area contributed by atoms with Crippen LogP contribution in [-0.2, 0) is 23.8 Å². The molecule has 6 nitrogen and oxygen atoms in total. The van der Waals surface area contributed by atoms with Gasteiger partial charge in [0.2, 0.25) is 0 Å². The zero-order valence-electron chi connectivity index (χ0n) is 17.2. The summed E-state index contributed by atoms with van der Waals surface area (Å²) in [6.07, 6.45) is 2.73. The number of carbonyl (C=O) groups is 2. The van der Waals surface area contributed by atoms with Crippen LogP contribution < -0.4 is 0 Å². The Hall–Kier alpha value is -1.66. The van der Waals surface area contributed by atoms with Crippen molar-refractivity contribution in [3.8, 4) is 0 Å². The lowest BCUT2D eigenvalue weighted by Gasteiger charge is -2.36. The lowest BCUT2D eigenvalue weighted by Crippen LogP contribution is -2.45. The minimum absolute atomic E-state index is 0.128. The van der Waals surface area contributed by atoms with Crippen LogP contribution in [0, 0.1) is 5.92 Å². The molecule has 0 amide bonds. The van der Waals surface area contributed by atoms with Crippen molar-refractivity contribution in [3.05, 3.63) is 24.3 Å². The molecule has 4 bridgehead atoms. The van der Waals surface area contributed by atoms with E-state index >= 15 is 0 Å². The number of fused-ring (bicyclic) bond motifs is 5. The molecule has 3 aliphatic rings. The van der Waals surface area contributed by atoms with E-state index in [0.717, 1.165) is 18.4 Å². The predicted molar refractivity (Wildman–Crippen MR) is 103 cm³/mol. The lowest BCUT2D eigenvalue weighted by atomic mass is 9.80. The quantitative estimate of drug-likeness (QED) is 0.419. The molecule has 0 unspecified atom stereocenters. The fourth-order valence-corrected chi connectivity index (χ4v) is 4.70.